The number of ether oxygens (including phenoxy) is 1. The third kappa shape index (κ3) is 3.85. The molecule has 0 saturated heterocycles. The maximum absolute atomic E-state index is 5.74. The van der Waals surface area contributed by atoms with Crippen LogP contribution < -0.4 is 15.2 Å². The molecule has 0 amide bonds. The highest BCUT2D eigenvalue weighted by Gasteiger charge is 2.18. The average Bonchev–Trinajstić information content (AvgIpc) is 3.00. The van der Waals surface area contributed by atoms with E-state index in [1.54, 1.807) is 7.11 Å². The smallest absolute Gasteiger partial charge is 0.119 e. The van der Waals surface area contributed by atoms with Gasteiger partial charge >= 0.3 is 0 Å². The summed E-state index contributed by atoms with van der Waals surface area (Å²) in [6.45, 7) is 8.96. The summed E-state index contributed by atoms with van der Waals surface area (Å²) >= 11 is 0. The molecule has 0 bridgehead atoms. The molecule has 0 aromatic heterocycles. The van der Waals surface area contributed by atoms with Crippen molar-refractivity contribution >= 4 is 11.6 Å². The molecule has 0 atom stereocenters. The molecule has 152 valence electrons. The van der Waals surface area contributed by atoms with Gasteiger partial charge in [-0.2, -0.15) is 0 Å². The van der Waals surface area contributed by atoms with E-state index in [4.69, 9.17) is 4.74 Å². The van der Waals surface area contributed by atoms with Gasteiger partial charge in [0.2, 0.25) is 0 Å². The highest BCUT2D eigenvalue weighted by Crippen LogP contribution is 2.32. The third-order valence-electron chi connectivity index (χ3n) is 6.07. The van der Waals surface area contributed by atoms with E-state index in [9.17, 15) is 0 Å². The minimum Gasteiger partial charge on any atom is -0.497 e. The summed E-state index contributed by atoms with van der Waals surface area (Å²) in [6.07, 6.45) is 12.4. The van der Waals surface area contributed by atoms with Crippen LogP contribution in [-0.2, 0) is 6.42 Å². The van der Waals surface area contributed by atoms with E-state index < -0.39 is 0 Å². The molecular weight excluding hydrogens is 364 g/mol. The topological polar surface area (TPSA) is 9.23 Å². The van der Waals surface area contributed by atoms with Crippen molar-refractivity contribution in [3.05, 3.63) is 111 Å². The molecule has 4 rings (SSSR count). The fourth-order valence-corrected chi connectivity index (χ4v) is 4.30. The summed E-state index contributed by atoms with van der Waals surface area (Å²) in [7, 11) is 1.76. The van der Waals surface area contributed by atoms with Gasteiger partial charge in [-0.1, -0.05) is 74.6 Å². The third-order valence-corrected chi connectivity index (χ3v) is 6.07. The first-order valence-corrected chi connectivity index (χ1v) is 10.7. The first-order valence-electron chi connectivity index (χ1n) is 10.7. The molecule has 2 aliphatic rings. The molecule has 0 N–H and O–H groups in total. The van der Waals surface area contributed by atoms with Gasteiger partial charge in [-0.05, 0) is 87.7 Å². The summed E-state index contributed by atoms with van der Waals surface area (Å²) in [5.41, 5.74) is 9.18. The van der Waals surface area contributed by atoms with Crippen molar-refractivity contribution < 1.29 is 4.74 Å². The van der Waals surface area contributed by atoms with Crippen molar-refractivity contribution in [2.45, 2.75) is 34.1 Å². The zero-order chi connectivity index (χ0) is 21.3. The van der Waals surface area contributed by atoms with Crippen molar-refractivity contribution in [2.75, 3.05) is 7.11 Å². The SMILES string of the molecule is COc1cc(Cc2ccccc2)c2c(c1)=C1C(C)=CC=C(C(C)C)C=C1C(C)=CC=2. The van der Waals surface area contributed by atoms with Crippen LogP contribution in [0.3, 0.4) is 0 Å². The van der Waals surface area contributed by atoms with Crippen molar-refractivity contribution in [1.82, 2.24) is 0 Å². The van der Waals surface area contributed by atoms with Crippen LogP contribution in [0.2, 0.25) is 0 Å². The number of methoxy groups -OCH3 is 1. The van der Waals surface area contributed by atoms with E-state index in [0.717, 1.165) is 12.2 Å². The Morgan fingerprint density at radius 2 is 1.60 bits per heavy atom. The number of benzene rings is 2. The van der Waals surface area contributed by atoms with Gasteiger partial charge < -0.3 is 4.74 Å². The molecule has 0 radical (unpaired) electrons. The molecule has 0 unspecified atom stereocenters. The van der Waals surface area contributed by atoms with Gasteiger partial charge in [0, 0.05) is 0 Å². The monoisotopic (exact) mass is 394 g/mol. The lowest BCUT2D eigenvalue weighted by atomic mass is 9.90. The first-order chi connectivity index (χ1) is 14.5. The van der Waals surface area contributed by atoms with E-state index in [1.165, 1.54) is 49.4 Å². The van der Waals surface area contributed by atoms with Crippen LogP contribution in [0, 0.1) is 5.92 Å². The average molecular weight is 395 g/mol. The van der Waals surface area contributed by atoms with Crippen LogP contribution in [0.15, 0.2) is 89.1 Å². The summed E-state index contributed by atoms with van der Waals surface area (Å²) < 4.78 is 5.74. The van der Waals surface area contributed by atoms with Gasteiger partial charge in [-0.15, -0.1) is 0 Å². The van der Waals surface area contributed by atoms with Crippen LogP contribution >= 0.6 is 0 Å². The van der Waals surface area contributed by atoms with Gasteiger partial charge in [0.25, 0.3) is 0 Å². The molecule has 0 aliphatic heterocycles. The number of fused-ring (bicyclic) bond motifs is 2. The predicted molar refractivity (Wildman–Crippen MR) is 128 cm³/mol. The lowest BCUT2D eigenvalue weighted by molar-refractivity contribution is 0.414. The summed E-state index contributed by atoms with van der Waals surface area (Å²) in [5, 5.41) is 2.55. The summed E-state index contributed by atoms with van der Waals surface area (Å²) in [4.78, 5) is 0. The Labute approximate surface area is 180 Å². The second-order valence-electron chi connectivity index (χ2n) is 8.53. The molecule has 0 saturated carbocycles. The number of hydrogen-bond acceptors (Lipinski definition) is 1. The van der Waals surface area contributed by atoms with Gasteiger partial charge in [-0.3, -0.25) is 0 Å². The highest BCUT2D eigenvalue weighted by molar-refractivity contribution is 5.86. The number of rotatable bonds is 4. The van der Waals surface area contributed by atoms with Gasteiger partial charge in [-0.25, -0.2) is 0 Å². The standard InChI is InChI=1S/C29H30O/c1-19(2)23-13-11-21(4)29-27(17-23)20(3)12-14-26-24(15-22-9-7-6-8-10-22)16-25(30-5)18-28(26)29/h6-14,16-19H,15H2,1-5H3. The summed E-state index contributed by atoms with van der Waals surface area (Å²) in [6, 6.07) is 15.1. The molecule has 0 heterocycles. The van der Waals surface area contributed by atoms with Gasteiger partial charge in [0.15, 0.2) is 0 Å². The molecular formula is C29H30O. The van der Waals surface area contributed by atoms with Crippen LogP contribution in [0.1, 0.15) is 38.8 Å². The molecule has 30 heavy (non-hydrogen) atoms. The quantitative estimate of drug-likeness (QED) is 0.651. The lowest BCUT2D eigenvalue weighted by Gasteiger charge is -2.15. The van der Waals surface area contributed by atoms with Crippen molar-refractivity contribution in [3.63, 3.8) is 0 Å². The predicted octanol–water partition coefficient (Wildman–Crippen LogP) is 5.65. The van der Waals surface area contributed by atoms with Crippen LogP contribution in [0.25, 0.3) is 11.6 Å². The minimum absolute atomic E-state index is 0.486. The van der Waals surface area contributed by atoms with Gasteiger partial charge in [0.05, 0.1) is 7.11 Å². The van der Waals surface area contributed by atoms with Crippen LogP contribution in [0.5, 0.6) is 5.75 Å². The van der Waals surface area contributed by atoms with E-state index in [2.05, 4.69) is 101 Å². The molecule has 2 aromatic rings. The minimum atomic E-state index is 0.486. The Kier molecular flexibility index (Phi) is 5.63. The zero-order valence-electron chi connectivity index (χ0n) is 18.6. The maximum Gasteiger partial charge on any atom is 0.119 e. The second-order valence-corrected chi connectivity index (χ2v) is 8.53. The van der Waals surface area contributed by atoms with Crippen LogP contribution in [0.4, 0.5) is 0 Å². The van der Waals surface area contributed by atoms with Gasteiger partial charge in [0.1, 0.15) is 5.75 Å². The molecule has 1 heteroatoms. The maximum atomic E-state index is 5.74. The number of hydrogen-bond donors (Lipinski definition) is 0. The zero-order valence-corrected chi connectivity index (χ0v) is 18.6. The normalized spacial score (nSPS) is 15.6. The Bertz CT molecular complexity index is 1220. The van der Waals surface area contributed by atoms with Crippen LogP contribution in [-0.4, -0.2) is 7.11 Å². The van der Waals surface area contributed by atoms with Crippen molar-refractivity contribution in [2.24, 2.45) is 5.92 Å². The molecule has 0 spiro atoms. The lowest BCUT2D eigenvalue weighted by Crippen LogP contribution is -2.31. The fraction of sp³-hybridized carbons (Fsp3) is 0.241. The van der Waals surface area contributed by atoms with E-state index >= 15 is 0 Å². The van der Waals surface area contributed by atoms with E-state index in [-0.39, 0.29) is 0 Å². The Hall–Kier alpha value is -3.06. The summed E-state index contributed by atoms with van der Waals surface area (Å²) in [5.74, 6) is 1.40. The van der Waals surface area contributed by atoms with Crippen molar-refractivity contribution in [3.8, 4) is 5.75 Å². The number of allylic oxidation sites excluding steroid dienone is 8. The largest absolute Gasteiger partial charge is 0.497 e. The van der Waals surface area contributed by atoms with Crippen molar-refractivity contribution in [1.29, 1.82) is 0 Å². The molecule has 0 fully saturated rings. The van der Waals surface area contributed by atoms with E-state index in [1.807, 2.05) is 0 Å². The first kappa shape index (κ1) is 20.2. The fourth-order valence-electron chi connectivity index (χ4n) is 4.30. The molecule has 2 aliphatic carbocycles. The molecule has 2 aromatic carbocycles. The Morgan fingerprint density at radius 1 is 0.867 bits per heavy atom. The highest BCUT2D eigenvalue weighted by atomic mass is 16.5. The Morgan fingerprint density at radius 3 is 2.30 bits per heavy atom. The molecule has 1 nitrogen and oxygen atoms in total. The second kappa shape index (κ2) is 8.36. The van der Waals surface area contributed by atoms with E-state index in [0.29, 0.717) is 5.92 Å². The Balaban J connectivity index is 2.05.